The van der Waals surface area contributed by atoms with Crippen LogP contribution < -0.4 is 0 Å². The van der Waals surface area contributed by atoms with E-state index in [4.69, 9.17) is 9.47 Å². The highest BCUT2D eigenvalue weighted by atomic mass is 16.5. The van der Waals surface area contributed by atoms with Crippen molar-refractivity contribution >= 4 is 5.97 Å². The molecule has 0 aliphatic rings. The lowest BCUT2D eigenvalue weighted by molar-refractivity contribution is -0.00252. The van der Waals surface area contributed by atoms with E-state index in [-0.39, 0.29) is 24.9 Å². The molecule has 0 saturated heterocycles. The molecule has 21 heavy (non-hydrogen) atoms. The van der Waals surface area contributed by atoms with Gasteiger partial charge in [0, 0.05) is 0 Å². The molecule has 0 fully saturated rings. The van der Waals surface area contributed by atoms with E-state index in [9.17, 15) is 9.90 Å². The SMILES string of the molecule is CCCc1c(C(=O)OCC)nnn1CC(O)COC(C)C. The fourth-order valence-corrected chi connectivity index (χ4v) is 1.88. The molecule has 0 radical (unpaired) electrons. The second-order valence-electron chi connectivity index (χ2n) is 5.07. The van der Waals surface area contributed by atoms with Crippen molar-refractivity contribution < 1.29 is 19.4 Å². The Morgan fingerprint density at radius 3 is 2.67 bits per heavy atom. The van der Waals surface area contributed by atoms with Gasteiger partial charge in [0.2, 0.25) is 0 Å². The van der Waals surface area contributed by atoms with Gasteiger partial charge in [-0.1, -0.05) is 18.6 Å². The fraction of sp³-hybridized carbons (Fsp3) is 0.786. The van der Waals surface area contributed by atoms with Gasteiger partial charge in [0.25, 0.3) is 0 Å². The van der Waals surface area contributed by atoms with Crippen LogP contribution in [0, 0.1) is 0 Å². The van der Waals surface area contributed by atoms with Crippen molar-refractivity contribution in [3.05, 3.63) is 11.4 Å². The van der Waals surface area contributed by atoms with Crippen LogP contribution in [0.1, 0.15) is 50.3 Å². The lowest BCUT2D eigenvalue weighted by atomic mass is 10.2. The van der Waals surface area contributed by atoms with Gasteiger partial charge in [-0.25, -0.2) is 9.48 Å². The van der Waals surface area contributed by atoms with Crippen molar-refractivity contribution in [2.24, 2.45) is 0 Å². The summed E-state index contributed by atoms with van der Waals surface area (Å²) in [5.74, 6) is -0.472. The predicted octanol–water partition coefficient (Wildman–Crippen LogP) is 1.19. The molecule has 7 heteroatoms. The number of rotatable bonds is 9. The number of esters is 1. The van der Waals surface area contributed by atoms with E-state index in [1.165, 1.54) is 0 Å². The van der Waals surface area contributed by atoms with Gasteiger partial charge in [-0.2, -0.15) is 0 Å². The Balaban J connectivity index is 2.79. The quantitative estimate of drug-likeness (QED) is 0.689. The van der Waals surface area contributed by atoms with Gasteiger partial charge < -0.3 is 14.6 Å². The monoisotopic (exact) mass is 299 g/mol. The first kappa shape index (κ1) is 17.6. The summed E-state index contributed by atoms with van der Waals surface area (Å²) in [5.41, 5.74) is 0.926. The van der Waals surface area contributed by atoms with Crippen LogP contribution in [0.25, 0.3) is 0 Å². The Morgan fingerprint density at radius 2 is 2.10 bits per heavy atom. The Morgan fingerprint density at radius 1 is 1.38 bits per heavy atom. The average molecular weight is 299 g/mol. The maximum atomic E-state index is 11.8. The van der Waals surface area contributed by atoms with Gasteiger partial charge in [0.05, 0.1) is 37.7 Å². The highest BCUT2D eigenvalue weighted by Gasteiger charge is 2.21. The number of hydrogen-bond acceptors (Lipinski definition) is 6. The van der Waals surface area contributed by atoms with Crippen molar-refractivity contribution in [1.29, 1.82) is 0 Å². The molecule has 0 bridgehead atoms. The number of nitrogens with zero attached hydrogens (tertiary/aromatic N) is 3. The van der Waals surface area contributed by atoms with E-state index in [0.717, 1.165) is 6.42 Å². The van der Waals surface area contributed by atoms with Gasteiger partial charge in [0.1, 0.15) is 0 Å². The van der Waals surface area contributed by atoms with Crippen LogP contribution in [0.15, 0.2) is 0 Å². The summed E-state index contributed by atoms with van der Waals surface area (Å²) in [6.45, 7) is 8.32. The number of aliphatic hydroxyl groups excluding tert-OH is 1. The Bertz CT molecular complexity index is 445. The first-order valence-corrected chi connectivity index (χ1v) is 7.38. The number of carbonyl (C=O) groups is 1. The topological polar surface area (TPSA) is 86.5 Å². The fourth-order valence-electron chi connectivity index (χ4n) is 1.88. The van der Waals surface area contributed by atoms with Gasteiger partial charge >= 0.3 is 5.97 Å². The molecule has 0 aliphatic carbocycles. The lowest BCUT2D eigenvalue weighted by Gasteiger charge is -2.14. The van der Waals surface area contributed by atoms with Gasteiger partial charge in [-0.05, 0) is 27.2 Å². The van der Waals surface area contributed by atoms with E-state index in [2.05, 4.69) is 10.3 Å². The second-order valence-corrected chi connectivity index (χ2v) is 5.07. The molecule has 1 aromatic heterocycles. The zero-order chi connectivity index (χ0) is 15.8. The van der Waals surface area contributed by atoms with Crippen LogP contribution in [0.2, 0.25) is 0 Å². The van der Waals surface area contributed by atoms with Crippen LogP contribution in [0.5, 0.6) is 0 Å². The molecular weight excluding hydrogens is 274 g/mol. The standard InChI is InChI=1S/C14H25N3O4/c1-5-7-12-13(14(19)20-6-2)15-16-17(12)8-11(18)9-21-10(3)4/h10-11,18H,5-9H2,1-4H3. The van der Waals surface area contributed by atoms with Crippen LogP contribution in [-0.4, -0.2) is 51.5 Å². The molecule has 0 saturated carbocycles. The Labute approximate surface area is 125 Å². The normalized spacial score (nSPS) is 12.7. The highest BCUT2D eigenvalue weighted by molar-refractivity contribution is 5.88. The largest absolute Gasteiger partial charge is 0.461 e. The Hall–Kier alpha value is -1.47. The molecule has 1 heterocycles. The molecule has 0 spiro atoms. The summed E-state index contributed by atoms with van der Waals surface area (Å²) < 4.78 is 11.9. The minimum absolute atomic E-state index is 0.0561. The summed E-state index contributed by atoms with van der Waals surface area (Å²) in [4.78, 5) is 11.8. The summed E-state index contributed by atoms with van der Waals surface area (Å²) in [6, 6.07) is 0. The second kappa shape index (κ2) is 8.74. The Kier molecular flexibility index (Phi) is 7.31. The summed E-state index contributed by atoms with van der Waals surface area (Å²) >= 11 is 0. The highest BCUT2D eigenvalue weighted by Crippen LogP contribution is 2.11. The molecule has 1 aromatic rings. The molecule has 1 rings (SSSR count). The first-order chi connectivity index (χ1) is 9.99. The maximum Gasteiger partial charge on any atom is 0.360 e. The third-order valence-corrected chi connectivity index (χ3v) is 2.80. The smallest absolute Gasteiger partial charge is 0.360 e. The minimum Gasteiger partial charge on any atom is -0.461 e. The average Bonchev–Trinajstić information content (AvgIpc) is 2.80. The third kappa shape index (κ3) is 5.43. The van der Waals surface area contributed by atoms with Crippen LogP contribution in [0.3, 0.4) is 0 Å². The molecule has 1 atom stereocenters. The summed E-state index contributed by atoms with van der Waals surface area (Å²) in [6.07, 6.45) is 0.859. The van der Waals surface area contributed by atoms with Crippen molar-refractivity contribution in [2.45, 2.75) is 59.3 Å². The van der Waals surface area contributed by atoms with Crippen LogP contribution >= 0.6 is 0 Å². The number of aromatic nitrogens is 3. The minimum atomic E-state index is -0.695. The molecule has 0 amide bonds. The predicted molar refractivity (Wildman–Crippen MR) is 77.1 cm³/mol. The van der Waals surface area contributed by atoms with E-state index >= 15 is 0 Å². The lowest BCUT2D eigenvalue weighted by Crippen LogP contribution is -2.25. The van der Waals surface area contributed by atoms with Gasteiger partial charge in [0.15, 0.2) is 5.69 Å². The van der Waals surface area contributed by atoms with Crippen molar-refractivity contribution in [1.82, 2.24) is 15.0 Å². The van der Waals surface area contributed by atoms with Gasteiger partial charge in [-0.15, -0.1) is 5.10 Å². The van der Waals surface area contributed by atoms with Crippen molar-refractivity contribution in [2.75, 3.05) is 13.2 Å². The molecule has 7 nitrogen and oxygen atoms in total. The maximum absolute atomic E-state index is 11.8. The van der Waals surface area contributed by atoms with E-state index < -0.39 is 12.1 Å². The molecule has 0 aliphatic heterocycles. The van der Waals surface area contributed by atoms with Crippen molar-refractivity contribution in [3.63, 3.8) is 0 Å². The zero-order valence-corrected chi connectivity index (χ0v) is 13.2. The summed E-state index contributed by atoms with van der Waals surface area (Å²) in [7, 11) is 0. The van der Waals surface area contributed by atoms with Crippen molar-refractivity contribution in [3.8, 4) is 0 Å². The molecular formula is C14H25N3O4. The first-order valence-electron chi connectivity index (χ1n) is 7.38. The van der Waals surface area contributed by atoms with E-state index in [0.29, 0.717) is 18.7 Å². The molecule has 1 unspecified atom stereocenters. The number of ether oxygens (including phenoxy) is 2. The van der Waals surface area contributed by atoms with E-state index in [1.807, 2.05) is 20.8 Å². The zero-order valence-electron chi connectivity index (χ0n) is 13.2. The van der Waals surface area contributed by atoms with Gasteiger partial charge in [-0.3, -0.25) is 0 Å². The summed E-state index contributed by atoms with van der Waals surface area (Å²) in [5, 5.41) is 17.8. The molecule has 120 valence electrons. The number of hydrogen-bond donors (Lipinski definition) is 1. The third-order valence-electron chi connectivity index (χ3n) is 2.80. The molecule has 0 aromatic carbocycles. The van der Waals surface area contributed by atoms with E-state index in [1.54, 1.807) is 11.6 Å². The van der Waals surface area contributed by atoms with Crippen LogP contribution in [-0.2, 0) is 22.4 Å². The molecule has 1 N–H and O–H groups in total. The number of carbonyl (C=O) groups excluding carboxylic acids is 1. The number of aliphatic hydroxyl groups is 1. The van der Waals surface area contributed by atoms with Crippen LogP contribution in [0.4, 0.5) is 0 Å².